The second-order valence-corrected chi connectivity index (χ2v) is 5.63. The molecular weight excluding hydrogens is 202 g/mol. The van der Waals surface area contributed by atoms with Gasteiger partial charge in [0.15, 0.2) is 0 Å². The molecule has 0 aliphatic heterocycles. The van der Waals surface area contributed by atoms with Crippen molar-refractivity contribution in [2.75, 3.05) is 13.1 Å². The minimum Gasteiger partial charge on any atom is -0.480 e. The zero-order valence-electron chi connectivity index (χ0n) is 10.8. The first kappa shape index (κ1) is 13.5. The smallest absolute Gasteiger partial charge is 0.317 e. The molecule has 0 spiro atoms. The quantitative estimate of drug-likeness (QED) is 0.785. The van der Waals surface area contributed by atoms with E-state index in [1.807, 2.05) is 0 Å². The minimum absolute atomic E-state index is 0.206. The summed E-state index contributed by atoms with van der Waals surface area (Å²) in [5, 5.41) is 8.94. The van der Waals surface area contributed by atoms with Crippen molar-refractivity contribution in [3.8, 4) is 0 Å². The van der Waals surface area contributed by atoms with E-state index in [1.165, 1.54) is 25.7 Å². The first-order chi connectivity index (χ1) is 7.49. The van der Waals surface area contributed by atoms with Gasteiger partial charge in [0, 0.05) is 12.6 Å². The number of rotatable bonds is 5. The summed E-state index contributed by atoms with van der Waals surface area (Å²) in [6.07, 6.45) is 4.83. The molecule has 1 N–H and O–H groups in total. The Balaban J connectivity index is 2.50. The summed E-state index contributed by atoms with van der Waals surface area (Å²) in [7, 11) is 0. The van der Waals surface area contributed by atoms with Crippen LogP contribution in [0.1, 0.15) is 46.5 Å². The fraction of sp³-hybridized carbons (Fsp3) is 0.923. The van der Waals surface area contributed by atoms with Crippen LogP contribution in [0.25, 0.3) is 0 Å². The summed E-state index contributed by atoms with van der Waals surface area (Å²) in [5.41, 5.74) is 0. The Hall–Kier alpha value is -0.570. The molecule has 3 nitrogen and oxygen atoms in total. The monoisotopic (exact) mass is 227 g/mol. The van der Waals surface area contributed by atoms with Crippen molar-refractivity contribution < 1.29 is 9.90 Å². The normalized spacial score (nSPS) is 26.3. The van der Waals surface area contributed by atoms with Crippen molar-refractivity contribution in [2.24, 2.45) is 11.8 Å². The van der Waals surface area contributed by atoms with E-state index in [1.54, 1.807) is 0 Å². The maximum atomic E-state index is 10.9. The summed E-state index contributed by atoms with van der Waals surface area (Å²) < 4.78 is 0. The first-order valence-corrected chi connectivity index (χ1v) is 6.45. The molecule has 1 aliphatic carbocycles. The molecule has 0 radical (unpaired) electrons. The SMILES string of the molecule is CC(C)CN(CC(=O)O)C1CCC(C)CC1. The Morgan fingerprint density at radius 2 is 1.88 bits per heavy atom. The number of nitrogens with zero attached hydrogens (tertiary/aromatic N) is 1. The van der Waals surface area contributed by atoms with Crippen molar-refractivity contribution in [2.45, 2.75) is 52.5 Å². The highest BCUT2D eigenvalue weighted by Gasteiger charge is 2.25. The summed E-state index contributed by atoms with van der Waals surface area (Å²) in [4.78, 5) is 13.0. The Labute approximate surface area is 98.8 Å². The average molecular weight is 227 g/mol. The Kier molecular flexibility index (Phi) is 5.26. The van der Waals surface area contributed by atoms with Crippen LogP contribution in [-0.2, 0) is 4.79 Å². The van der Waals surface area contributed by atoms with Gasteiger partial charge in [-0.05, 0) is 37.5 Å². The van der Waals surface area contributed by atoms with Crippen LogP contribution in [0.2, 0.25) is 0 Å². The lowest BCUT2D eigenvalue weighted by atomic mass is 9.86. The molecule has 0 aromatic rings. The fourth-order valence-corrected chi connectivity index (χ4v) is 2.59. The molecule has 1 fully saturated rings. The van der Waals surface area contributed by atoms with Crippen LogP contribution in [0.5, 0.6) is 0 Å². The highest BCUT2D eigenvalue weighted by Crippen LogP contribution is 2.27. The van der Waals surface area contributed by atoms with Crippen LogP contribution in [0.4, 0.5) is 0 Å². The van der Waals surface area contributed by atoms with Crippen LogP contribution in [0, 0.1) is 11.8 Å². The third-order valence-corrected chi connectivity index (χ3v) is 3.44. The molecule has 0 amide bonds. The maximum Gasteiger partial charge on any atom is 0.317 e. The van der Waals surface area contributed by atoms with E-state index in [4.69, 9.17) is 5.11 Å². The third-order valence-electron chi connectivity index (χ3n) is 3.44. The second kappa shape index (κ2) is 6.24. The number of aliphatic carboxylic acids is 1. The molecule has 0 saturated heterocycles. The molecule has 1 saturated carbocycles. The van der Waals surface area contributed by atoms with Crippen LogP contribution in [0.15, 0.2) is 0 Å². The van der Waals surface area contributed by atoms with Crippen molar-refractivity contribution in [3.63, 3.8) is 0 Å². The van der Waals surface area contributed by atoms with Gasteiger partial charge in [-0.15, -0.1) is 0 Å². The molecule has 0 aromatic heterocycles. The van der Waals surface area contributed by atoms with E-state index in [0.29, 0.717) is 12.0 Å². The summed E-state index contributed by atoms with van der Waals surface area (Å²) in [6.45, 7) is 7.71. The van der Waals surface area contributed by atoms with Gasteiger partial charge in [0.2, 0.25) is 0 Å². The molecule has 94 valence electrons. The number of carboxylic acid groups (broad SMARTS) is 1. The van der Waals surface area contributed by atoms with E-state index in [-0.39, 0.29) is 6.54 Å². The van der Waals surface area contributed by atoms with Gasteiger partial charge in [-0.3, -0.25) is 9.69 Å². The third kappa shape index (κ3) is 4.52. The minimum atomic E-state index is -0.695. The van der Waals surface area contributed by atoms with Crippen molar-refractivity contribution >= 4 is 5.97 Å². The number of carbonyl (C=O) groups is 1. The molecule has 0 bridgehead atoms. The average Bonchev–Trinajstić information content (AvgIpc) is 2.16. The standard InChI is InChI=1S/C13H25NO2/c1-10(2)8-14(9-13(15)16)12-6-4-11(3)5-7-12/h10-12H,4-9H2,1-3H3,(H,15,16). The van der Waals surface area contributed by atoms with Crippen molar-refractivity contribution in [1.82, 2.24) is 4.90 Å². The Morgan fingerprint density at radius 3 is 2.31 bits per heavy atom. The maximum absolute atomic E-state index is 10.9. The molecule has 1 aliphatic rings. The topological polar surface area (TPSA) is 40.5 Å². The molecular formula is C13H25NO2. The van der Waals surface area contributed by atoms with Crippen molar-refractivity contribution in [1.29, 1.82) is 0 Å². The summed E-state index contributed by atoms with van der Waals surface area (Å²) in [6, 6.07) is 0.495. The lowest BCUT2D eigenvalue weighted by molar-refractivity contribution is -0.139. The molecule has 1 rings (SSSR count). The number of hydrogen-bond donors (Lipinski definition) is 1. The van der Waals surface area contributed by atoms with Gasteiger partial charge in [0.05, 0.1) is 6.54 Å². The van der Waals surface area contributed by atoms with Gasteiger partial charge in [-0.2, -0.15) is 0 Å². The van der Waals surface area contributed by atoms with Crippen LogP contribution in [0.3, 0.4) is 0 Å². The predicted molar refractivity (Wildman–Crippen MR) is 65.5 cm³/mol. The fourth-order valence-electron chi connectivity index (χ4n) is 2.59. The molecule has 0 unspecified atom stereocenters. The Morgan fingerprint density at radius 1 is 1.31 bits per heavy atom. The van der Waals surface area contributed by atoms with Gasteiger partial charge in [-0.25, -0.2) is 0 Å². The van der Waals surface area contributed by atoms with Crippen LogP contribution < -0.4 is 0 Å². The van der Waals surface area contributed by atoms with Crippen LogP contribution in [-0.4, -0.2) is 35.1 Å². The highest BCUT2D eigenvalue weighted by atomic mass is 16.4. The molecule has 16 heavy (non-hydrogen) atoms. The second-order valence-electron chi connectivity index (χ2n) is 5.63. The van der Waals surface area contributed by atoms with Gasteiger partial charge >= 0.3 is 5.97 Å². The van der Waals surface area contributed by atoms with E-state index < -0.39 is 5.97 Å². The zero-order valence-corrected chi connectivity index (χ0v) is 10.8. The van der Waals surface area contributed by atoms with Gasteiger partial charge in [0.25, 0.3) is 0 Å². The molecule has 0 aromatic carbocycles. The Bertz CT molecular complexity index is 220. The van der Waals surface area contributed by atoms with E-state index in [0.717, 1.165) is 12.5 Å². The molecule has 3 heteroatoms. The lowest BCUT2D eigenvalue weighted by Crippen LogP contribution is -2.43. The number of carboxylic acids is 1. The van der Waals surface area contributed by atoms with Gasteiger partial charge < -0.3 is 5.11 Å². The zero-order chi connectivity index (χ0) is 12.1. The van der Waals surface area contributed by atoms with Crippen LogP contribution >= 0.6 is 0 Å². The predicted octanol–water partition coefficient (Wildman–Crippen LogP) is 2.61. The van der Waals surface area contributed by atoms with E-state index >= 15 is 0 Å². The first-order valence-electron chi connectivity index (χ1n) is 6.45. The van der Waals surface area contributed by atoms with E-state index in [9.17, 15) is 4.79 Å². The molecule has 0 heterocycles. The largest absolute Gasteiger partial charge is 0.480 e. The summed E-state index contributed by atoms with van der Waals surface area (Å²) in [5.74, 6) is 0.667. The van der Waals surface area contributed by atoms with Crippen molar-refractivity contribution in [3.05, 3.63) is 0 Å². The summed E-state index contributed by atoms with van der Waals surface area (Å²) >= 11 is 0. The molecule has 0 atom stereocenters. The lowest BCUT2D eigenvalue weighted by Gasteiger charge is -2.36. The van der Waals surface area contributed by atoms with Gasteiger partial charge in [-0.1, -0.05) is 20.8 Å². The van der Waals surface area contributed by atoms with E-state index in [2.05, 4.69) is 25.7 Å². The highest BCUT2D eigenvalue weighted by molar-refractivity contribution is 5.69. The number of hydrogen-bond acceptors (Lipinski definition) is 2. The van der Waals surface area contributed by atoms with Gasteiger partial charge in [0.1, 0.15) is 0 Å².